The molecule has 0 spiro atoms. The summed E-state index contributed by atoms with van der Waals surface area (Å²) in [6, 6.07) is 12.4. The number of nitrogens with zero attached hydrogens (tertiary/aromatic N) is 2. The molecular formula is C23H20N2O4S. The third kappa shape index (κ3) is 3.59. The molecule has 3 aromatic rings. The first-order valence-corrected chi connectivity index (χ1v) is 10.2. The van der Waals surface area contributed by atoms with Gasteiger partial charge in [0.05, 0.1) is 21.8 Å². The van der Waals surface area contributed by atoms with E-state index in [1.54, 1.807) is 17.6 Å². The van der Waals surface area contributed by atoms with E-state index in [9.17, 15) is 9.59 Å². The molecule has 3 heterocycles. The van der Waals surface area contributed by atoms with Gasteiger partial charge in [-0.05, 0) is 31.5 Å². The van der Waals surface area contributed by atoms with Crippen molar-refractivity contribution in [2.75, 3.05) is 6.61 Å². The highest BCUT2D eigenvalue weighted by Gasteiger charge is 2.33. The van der Waals surface area contributed by atoms with Crippen molar-refractivity contribution in [2.24, 2.45) is 4.99 Å². The number of rotatable bonds is 5. The second-order valence-corrected chi connectivity index (χ2v) is 7.84. The van der Waals surface area contributed by atoms with Crippen molar-refractivity contribution in [3.63, 3.8) is 0 Å². The lowest BCUT2D eigenvalue weighted by molar-refractivity contribution is -0.138. The molecule has 1 atom stereocenters. The molecule has 0 aliphatic carbocycles. The zero-order valence-electron chi connectivity index (χ0n) is 16.6. The number of ether oxygens (including phenoxy) is 1. The molecule has 0 radical (unpaired) electrons. The van der Waals surface area contributed by atoms with Crippen molar-refractivity contribution in [3.05, 3.63) is 103 Å². The number of furan rings is 1. The molecule has 0 saturated heterocycles. The molecule has 0 amide bonds. The smallest absolute Gasteiger partial charge is 0.338 e. The molecule has 6 nitrogen and oxygen atoms in total. The molecule has 152 valence electrons. The molecule has 2 aromatic heterocycles. The lowest BCUT2D eigenvalue weighted by Crippen LogP contribution is -2.39. The lowest BCUT2D eigenvalue weighted by atomic mass is 9.96. The predicted molar refractivity (Wildman–Crippen MR) is 115 cm³/mol. The maximum atomic E-state index is 13.3. The summed E-state index contributed by atoms with van der Waals surface area (Å²) in [5.74, 6) is 0.843. The van der Waals surface area contributed by atoms with Crippen molar-refractivity contribution in [3.8, 4) is 0 Å². The van der Waals surface area contributed by atoms with Gasteiger partial charge >= 0.3 is 5.97 Å². The fourth-order valence-electron chi connectivity index (χ4n) is 3.41. The Morgan fingerprint density at radius 1 is 1.27 bits per heavy atom. The Morgan fingerprint density at radius 3 is 2.70 bits per heavy atom. The Balaban J connectivity index is 1.93. The Bertz CT molecular complexity index is 1330. The normalized spacial score (nSPS) is 16.2. The summed E-state index contributed by atoms with van der Waals surface area (Å²) in [5.41, 5.74) is 1.44. The van der Waals surface area contributed by atoms with Crippen LogP contribution in [0.5, 0.6) is 0 Å². The van der Waals surface area contributed by atoms with E-state index in [4.69, 9.17) is 9.15 Å². The number of benzene rings is 1. The van der Waals surface area contributed by atoms with Crippen molar-refractivity contribution in [1.29, 1.82) is 0 Å². The fraction of sp³-hybridized carbons (Fsp3) is 0.174. The van der Waals surface area contributed by atoms with Gasteiger partial charge in [-0.3, -0.25) is 9.36 Å². The van der Waals surface area contributed by atoms with Crippen molar-refractivity contribution >= 4 is 23.4 Å². The molecule has 4 rings (SSSR count). The molecule has 1 aliphatic heterocycles. The van der Waals surface area contributed by atoms with Crippen LogP contribution in [-0.4, -0.2) is 17.1 Å². The number of fused-ring (bicyclic) bond motifs is 1. The van der Waals surface area contributed by atoms with Gasteiger partial charge in [0.1, 0.15) is 18.1 Å². The minimum Gasteiger partial charge on any atom is -0.462 e. The van der Waals surface area contributed by atoms with Crippen LogP contribution in [0.1, 0.15) is 30.0 Å². The van der Waals surface area contributed by atoms with E-state index in [1.807, 2.05) is 49.4 Å². The molecule has 0 bridgehead atoms. The number of hydrogen-bond acceptors (Lipinski definition) is 6. The first-order chi connectivity index (χ1) is 14.5. The second-order valence-electron chi connectivity index (χ2n) is 6.83. The summed E-state index contributed by atoms with van der Waals surface area (Å²) >= 11 is 1.27. The summed E-state index contributed by atoms with van der Waals surface area (Å²) in [7, 11) is 0. The van der Waals surface area contributed by atoms with Gasteiger partial charge in [-0.2, -0.15) is 0 Å². The summed E-state index contributed by atoms with van der Waals surface area (Å²) in [6.45, 7) is 7.27. The van der Waals surface area contributed by atoms with Crippen LogP contribution in [0, 0.1) is 6.92 Å². The van der Waals surface area contributed by atoms with Crippen LogP contribution in [0.3, 0.4) is 0 Å². The average molecular weight is 420 g/mol. The molecule has 0 fully saturated rings. The largest absolute Gasteiger partial charge is 0.462 e. The number of thiazole rings is 1. The number of aryl methyl sites for hydroxylation is 1. The topological polar surface area (TPSA) is 73.8 Å². The van der Waals surface area contributed by atoms with E-state index in [0.29, 0.717) is 26.4 Å². The first kappa shape index (κ1) is 19.8. The quantitative estimate of drug-likeness (QED) is 0.470. The standard InChI is InChI=1S/C23H20N2O4S/c1-4-12-28-22(27)19-15(3)24-23-25(20(19)16-8-6-5-7-9-16)21(26)18(30-23)13-17-11-10-14(2)29-17/h4-11,13,20H,1,12H2,2-3H3/b18-13-/t20-/m0/s1. The number of carbonyl (C=O) groups excluding carboxylic acids is 1. The summed E-state index contributed by atoms with van der Waals surface area (Å²) in [6.07, 6.45) is 3.21. The average Bonchev–Trinajstić information content (AvgIpc) is 3.28. The Labute approximate surface area is 176 Å². The lowest BCUT2D eigenvalue weighted by Gasteiger charge is -2.24. The SMILES string of the molecule is C=CCOC(=O)C1=C(C)N=c2s/c(=C\c3ccc(C)o3)c(=O)n2[C@H]1c1ccccc1. The molecule has 0 N–H and O–H groups in total. The minimum absolute atomic E-state index is 0.0827. The number of carbonyl (C=O) groups is 1. The van der Waals surface area contributed by atoms with E-state index in [2.05, 4.69) is 11.6 Å². The molecule has 0 unspecified atom stereocenters. The summed E-state index contributed by atoms with van der Waals surface area (Å²) < 4.78 is 12.9. The van der Waals surface area contributed by atoms with E-state index in [1.165, 1.54) is 17.4 Å². The number of esters is 1. The molecule has 7 heteroatoms. The van der Waals surface area contributed by atoms with Gasteiger partial charge < -0.3 is 9.15 Å². The molecule has 0 saturated carbocycles. The molecule has 1 aromatic carbocycles. The van der Waals surface area contributed by atoms with Crippen LogP contribution >= 0.6 is 11.3 Å². The van der Waals surface area contributed by atoms with Gasteiger partial charge in [-0.1, -0.05) is 54.3 Å². The monoisotopic (exact) mass is 420 g/mol. The third-order valence-electron chi connectivity index (χ3n) is 4.72. The highest BCUT2D eigenvalue weighted by Crippen LogP contribution is 2.30. The fourth-order valence-corrected chi connectivity index (χ4v) is 4.43. The third-order valence-corrected chi connectivity index (χ3v) is 5.71. The van der Waals surface area contributed by atoms with Gasteiger partial charge in [0.25, 0.3) is 5.56 Å². The summed E-state index contributed by atoms with van der Waals surface area (Å²) in [5, 5.41) is 0. The van der Waals surface area contributed by atoms with Crippen molar-refractivity contribution in [1.82, 2.24) is 4.57 Å². The van der Waals surface area contributed by atoms with Gasteiger partial charge in [-0.15, -0.1) is 0 Å². The van der Waals surface area contributed by atoms with E-state index in [-0.39, 0.29) is 12.2 Å². The van der Waals surface area contributed by atoms with Crippen LogP contribution in [0.15, 0.2) is 80.6 Å². The van der Waals surface area contributed by atoms with Crippen LogP contribution in [0.2, 0.25) is 0 Å². The predicted octanol–water partition coefficient (Wildman–Crippen LogP) is 2.87. The zero-order valence-corrected chi connectivity index (χ0v) is 17.4. The van der Waals surface area contributed by atoms with Gasteiger partial charge in [0.15, 0.2) is 4.80 Å². The Kier molecular flexibility index (Phi) is 5.37. The molecule has 1 aliphatic rings. The number of hydrogen-bond donors (Lipinski definition) is 0. The Hall–Kier alpha value is -3.45. The van der Waals surface area contributed by atoms with Gasteiger partial charge in [-0.25, -0.2) is 9.79 Å². The maximum absolute atomic E-state index is 13.3. The highest BCUT2D eigenvalue weighted by atomic mass is 32.1. The highest BCUT2D eigenvalue weighted by molar-refractivity contribution is 7.07. The van der Waals surface area contributed by atoms with E-state index >= 15 is 0 Å². The van der Waals surface area contributed by atoms with Crippen LogP contribution in [0.25, 0.3) is 6.08 Å². The van der Waals surface area contributed by atoms with Crippen molar-refractivity contribution in [2.45, 2.75) is 19.9 Å². The molecular weight excluding hydrogens is 400 g/mol. The minimum atomic E-state index is -0.625. The maximum Gasteiger partial charge on any atom is 0.338 e. The van der Waals surface area contributed by atoms with E-state index < -0.39 is 12.0 Å². The second kappa shape index (κ2) is 8.12. The van der Waals surface area contributed by atoms with Crippen LogP contribution < -0.4 is 14.9 Å². The number of aromatic nitrogens is 1. The summed E-state index contributed by atoms with van der Waals surface area (Å²) in [4.78, 5) is 31.3. The molecule has 30 heavy (non-hydrogen) atoms. The van der Waals surface area contributed by atoms with Gasteiger partial charge in [0.2, 0.25) is 0 Å². The van der Waals surface area contributed by atoms with Crippen molar-refractivity contribution < 1.29 is 13.9 Å². The van der Waals surface area contributed by atoms with Crippen LogP contribution in [0.4, 0.5) is 0 Å². The van der Waals surface area contributed by atoms with Crippen LogP contribution in [-0.2, 0) is 9.53 Å². The first-order valence-electron chi connectivity index (χ1n) is 9.41. The number of allylic oxidation sites excluding steroid dienone is 1. The Morgan fingerprint density at radius 2 is 2.03 bits per heavy atom. The zero-order chi connectivity index (χ0) is 21.3. The van der Waals surface area contributed by atoms with E-state index in [0.717, 1.165) is 11.3 Å². The van der Waals surface area contributed by atoms with Gasteiger partial charge in [0, 0.05) is 6.08 Å².